The summed E-state index contributed by atoms with van der Waals surface area (Å²) in [6.45, 7) is -3.52. The summed E-state index contributed by atoms with van der Waals surface area (Å²) in [6.07, 6.45) is 0.594. The highest BCUT2D eigenvalue weighted by Crippen LogP contribution is 2.18. The Labute approximate surface area is 211 Å². The monoisotopic (exact) mass is 542 g/mol. The van der Waals surface area contributed by atoms with E-state index in [1.165, 1.54) is 0 Å². The first kappa shape index (κ1) is 42.5. The molecular formula is C21H50O15. The first-order valence-corrected chi connectivity index (χ1v) is 11.1. The molecule has 0 aliphatic rings. The minimum absolute atomic E-state index is 0.156. The summed E-state index contributed by atoms with van der Waals surface area (Å²) >= 11 is 0. The zero-order valence-corrected chi connectivity index (χ0v) is 21.0. The van der Waals surface area contributed by atoms with Crippen molar-refractivity contribution in [1.29, 1.82) is 0 Å². The molecule has 15 nitrogen and oxygen atoms in total. The average Bonchev–Trinajstić information content (AvgIpc) is 2.96. The Balaban J connectivity index is -0.000000190. The Morgan fingerprint density at radius 2 is 0.361 bits per heavy atom. The zero-order chi connectivity index (χ0) is 29.3. The van der Waals surface area contributed by atoms with Crippen molar-refractivity contribution in [3.8, 4) is 0 Å². The molecule has 0 saturated heterocycles. The molecule has 15 heteroatoms. The highest BCUT2D eigenvalue weighted by Gasteiger charge is 2.28. The van der Waals surface area contributed by atoms with E-state index in [1.807, 2.05) is 6.92 Å². The number of hydrogen-bond acceptors (Lipinski definition) is 15. The third kappa shape index (κ3) is 15.6. The Morgan fingerprint density at radius 1 is 0.250 bits per heavy atom. The van der Waals surface area contributed by atoms with Gasteiger partial charge in [0.25, 0.3) is 0 Å². The Morgan fingerprint density at radius 3 is 0.361 bits per heavy atom. The SMILES string of the molecule is CCC(CO)(CO)CO.OCC(CO)(CO)CO.OCC(CO)(CO)CO.OCC(CO)(CO)CO. The molecule has 0 aliphatic carbocycles. The van der Waals surface area contributed by atoms with Crippen LogP contribution < -0.4 is 0 Å². The molecule has 0 saturated carbocycles. The molecule has 0 spiro atoms. The molecule has 0 fully saturated rings. The van der Waals surface area contributed by atoms with Crippen molar-refractivity contribution in [3.05, 3.63) is 0 Å². The zero-order valence-electron chi connectivity index (χ0n) is 21.0. The summed E-state index contributed by atoms with van der Waals surface area (Å²) in [7, 11) is 0. The van der Waals surface area contributed by atoms with Crippen LogP contribution in [0.25, 0.3) is 0 Å². The molecule has 0 unspecified atom stereocenters. The maximum absolute atomic E-state index is 8.66. The lowest BCUT2D eigenvalue weighted by Crippen LogP contribution is -2.37. The second kappa shape index (κ2) is 24.7. The van der Waals surface area contributed by atoms with E-state index in [9.17, 15) is 0 Å². The molecule has 15 N–H and O–H groups in total. The maximum atomic E-state index is 8.66. The van der Waals surface area contributed by atoms with Gasteiger partial charge in [-0.25, -0.2) is 0 Å². The van der Waals surface area contributed by atoms with Crippen LogP contribution in [0, 0.1) is 21.7 Å². The Bertz CT molecular complexity index is 287. The van der Waals surface area contributed by atoms with Gasteiger partial charge in [0.05, 0.1) is 115 Å². The van der Waals surface area contributed by atoms with E-state index in [0.717, 1.165) is 0 Å². The molecule has 36 heavy (non-hydrogen) atoms. The molecular weight excluding hydrogens is 492 g/mol. The average molecular weight is 543 g/mol. The summed E-state index contributed by atoms with van der Waals surface area (Å²) < 4.78 is 0. The minimum Gasteiger partial charge on any atom is -0.396 e. The molecule has 0 rings (SSSR count). The van der Waals surface area contributed by atoms with Crippen LogP contribution in [-0.4, -0.2) is 176 Å². The number of aliphatic hydroxyl groups excluding tert-OH is 15. The molecule has 0 amide bonds. The van der Waals surface area contributed by atoms with Crippen molar-refractivity contribution in [1.82, 2.24) is 0 Å². The fourth-order valence-electron chi connectivity index (χ4n) is 1.39. The van der Waals surface area contributed by atoms with E-state index < -0.39 is 101 Å². The van der Waals surface area contributed by atoms with Crippen LogP contribution in [0.1, 0.15) is 13.3 Å². The first-order valence-electron chi connectivity index (χ1n) is 11.1. The van der Waals surface area contributed by atoms with Crippen LogP contribution in [0.3, 0.4) is 0 Å². The number of rotatable bonds is 16. The summed E-state index contributed by atoms with van der Waals surface area (Å²) in [5.41, 5.74) is -4.00. The highest BCUT2D eigenvalue weighted by atomic mass is 16.3. The van der Waals surface area contributed by atoms with Crippen LogP contribution in [-0.2, 0) is 0 Å². The van der Waals surface area contributed by atoms with Gasteiger partial charge in [0.2, 0.25) is 0 Å². The van der Waals surface area contributed by atoms with Gasteiger partial charge in [0.1, 0.15) is 0 Å². The van der Waals surface area contributed by atoms with Gasteiger partial charge in [-0.1, -0.05) is 6.92 Å². The molecule has 0 bridgehead atoms. The second-order valence-corrected chi connectivity index (χ2v) is 8.73. The lowest BCUT2D eigenvalue weighted by atomic mass is 9.88. The van der Waals surface area contributed by atoms with Crippen LogP contribution in [0.5, 0.6) is 0 Å². The van der Waals surface area contributed by atoms with Gasteiger partial charge in [0, 0.05) is 5.41 Å². The lowest BCUT2D eigenvalue weighted by molar-refractivity contribution is -0.0332. The van der Waals surface area contributed by atoms with Gasteiger partial charge in [-0.2, -0.15) is 0 Å². The van der Waals surface area contributed by atoms with Gasteiger partial charge in [0.15, 0.2) is 0 Å². The first-order chi connectivity index (χ1) is 17.0. The van der Waals surface area contributed by atoms with Crippen molar-refractivity contribution in [2.24, 2.45) is 21.7 Å². The van der Waals surface area contributed by atoms with E-state index in [4.69, 9.17) is 76.6 Å². The van der Waals surface area contributed by atoms with E-state index in [-0.39, 0.29) is 19.8 Å². The van der Waals surface area contributed by atoms with Crippen LogP contribution in [0.4, 0.5) is 0 Å². The van der Waals surface area contributed by atoms with Gasteiger partial charge in [-0.3, -0.25) is 0 Å². The van der Waals surface area contributed by atoms with Crippen LogP contribution in [0.15, 0.2) is 0 Å². The molecule has 0 aromatic carbocycles. The van der Waals surface area contributed by atoms with Gasteiger partial charge >= 0.3 is 0 Å². The van der Waals surface area contributed by atoms with Crippen molar-refractivity contribution in [2.45, 2.75) is 13.3 Å². The van der Waals surface area contributed by atoms with Crippen molar-refractivity contribution in [3.63, 3.8) is 0 Å². The topological polar surface area (TPSA) is 303 Å². The summed E-state index contributed by atoms with van der Waals surface area (Å²) in [6, 6.07) is 0. The molecule has 0 aromatic rings. The van der Waals surface area contributed by atoms with E-state index in [2.05, 4.69) is 0 Å². The van der Waals surface area contributed by atoms with Crippen LogP contribution >= 0.6 is 0 Å². The van der Waals surface area contributed by atoms with Crippen molar-refractivity contribution < 1.29 is 76.6 Å². The number of hydrogen-bond donors (Lipinski definition) is 15. The van der Waals surface area contributed by atoms with Gasteiger partial charge < -0.3 is 76.6 Å². The molecule has 224 valence electrons. The summed E-state index contributed by atoms with van der Waals surface area (Å²) in [4.78, 5) is 0. The normalized spacial score (nSPS) is 12.0. The van der Waals surface area contributed by atoms with E-state index >= 15 is 0 Å². The molecule has 0 aromatic heterocycles. The molecule has 0 radical (unpaired) electrons. The number of aliphatic hydroxyl groups is 15. The van der Waals surface area contributed by atoms with E-state index in [1.54, 1.807) is 0 Å². The van der Waals surface area contributed by atoms with E-state index in [0.29, 0.717) is 6.42 Å². The maximum Gasteiger partial charge on any atom is 0.0627 e. The third-order valence-electron chi connectivity index (χ3n) is 5.78. The predicted molar refractivity (Wildman–Crippen MR) is 126 cm³/mol. The van der Waals surface area contributed by atoms with Crippen molar-refractivity contribution in [2.75, 3.05) is 99.1 Å². The molecule has 0 aliphatic heterocycles. The van der Waals surface area contributed by atoms with Gasteiger partial charge in [-0.05, 0) is 6.42 Å². The third-order valence-corrected chi connectivity index (χ3v) is 5.78. The Kier molecular flexibility index (Phi) is 29.2. The smallest absolute Gasteiger partial charge is 0.0627 e. The summed E-state index contributed by atoms with van der Waals surface area (Å²) in [5, 5.41) is 128. The van der Waals surface area contributed by atoms with Crippen molar-refractivity contribution >= 4 is 0 Å². The molecule has 0 atom stereocenters. The van der Waals surface area contributed by atoms with Crippen LogP contribution in [0.2, 0.25) is 0 Å². The Hall–Kier alpha value is -0.600. The van der Waals surface area contributed by atoms with Gasteiger partial charge in [-0.15, -0.1) is 0 Å². The fraction of sp³-hybridized carbons (Fsp3) is 1.00. The largest absolute Gasteiger partial charge is 0.396 e. The standard InChI is InChI=1S/C6H14O3.3C5H12O4/c1-2-6(3-7,4-8)5-9;3*6-1-5(2-7,3-8)4-9/h7-9H,2-5H2,1H3;3*6-9H,1-4H2. The fourth-order valence-corrected chi connectivity index (χ4v) is 1.39. The molecule has 0 heterocycles. The quantitative estimate of drug-likeness (QED) is 0.0861. The predicted octanol–water partition coefficient (Wildman–Crippen LogP) is -6.81. The highest BCUT2D eigenvalue weighted by molar-refractivity contribution is 4.76. The lowest BCUT2D eigenvalue weighted by Gasteiger charge is -2.24. The summed E-state index contributed by atoms with van der Waals surface area (Å²) in [5.74, 6) is 0. The minimum atomic E-state index is -1.11. The second-order valence-electron chi connectivity index (χ2n) is 8.73.